The highest BCUT2D eigenvalue weighted by Crippen LogP contribution is 2.38. The second-order valence-corrected chi connectivity index (χ2v) is 6.89. The molecule has 1 aliphatic rings. The molecule has 0 unspecified atom stereocenters. The number of methoxy groups -OCH3 is 3. The molecule has 2 aromatic rings. The second kappa shape index (κ2) is 9.83. The molecule has 8 heteroatoms. The minimum atomic E-state index is 0.102. The highest BCUT2D eigenvalue weighted by molar-refractivity contribution is 5.77. The van der Waals surface area contributed by atoms with Crippen LogP contribution in [0.2, 0.25) is 0 Å². The second-order valence-electron chi connectivity index (χ2n) is 6.89. The number of carbonyl (C=O) groups excluding carboxylic acids is 1. The number of hydrogen-bond donors (Lipinski definition) is 0. The number of carbonyl (C=O) groups is 1. The molecule has 0 N–H and O–H groups in total. The van der Waals surface area contributed by atoms with Crippen LogP contribution in [0.25, 0.3) is 0 Å². The van der Waals surface area contributed by atoms with Crippen molar-refractivity contribution in [3.05, 3.63) is 41.6 Å². The number of aryl methyl sites for hydroxylation is 1. The standard InChI is InChI=1S/C22H26N4O4/c1-28-18-13-16(14-19(29-2)21(18)30-3)6-7-20(27)25-9-11-26(12-10-25)22-17(15-23)5-4-8-24-22/h4-5,8,13-14H,6-7,9-12H2,1-3H3. The minimum Gasteiger partial charge on any atom is -0.493 e. The van der Waals surface area contributed by atoms with Crippen molar-refractivity contribution in [3.8, 4) is 23.3 Å². The van der Waals surface area contributed by atoms with E-state index in [0.29, 0.717) is 67.7 Å². The number of ether oxygens (including phenoxy) is 3. The predicted octanol–water partition coefficient (Wildman–Crippen LogP) is 2.26. The Morgan fingerprint density at radius 2 is 1.77 bits per heavy atom. The molecular weight excluding hydrogens is 384 g/mol. The van der Waals surface area contributed by atoms with Crippen molar-refractivity contribution in [2.45, 2.75) is 12.8 Å². The molecule has 1 aliphatic heterocycles. The van der Waals surface area contributed by atoms with E-state index < -0.39 is 0 Å². The minimum absolute atomic E-state index is 0.102. The van der Waals surface area contributed by atoms with Crippen molar-refractivity contribution in [3.63, 3.8) is 0 Å². The van der Waals surface area contributed by atoms with Gasteiger partial charge >= 0.3 is 0 Å². The van der Waals surface area contributed by atoms with E-state index in [0.717, 1.165) is 5.56 Å². The lowest BCUT2D eigenvalue weighted by molar-refractivity contribution is -0.131. The Balaban J connectivity index is 1.59. The SMILES string of the molecule is COc1cc(CCC(=O)N2CCN(c3ncccc3C#N)CC2)cc(OC)c1OC. The zero-order valence-corrected chi connectivity index (χ0v) is 17.6. The topological polar surface area (TPSA) is 87.9 Å². The van der Waals surface area contributed by atoms with Crippen LogP contribution in [-0.4, -0.2) is 63.3 Å². The van der Waals surface area contributed by atoms with Crippen molar-refractivity contribution in [2.75, 3.05) is 52.4 Å². The van der Waals surface area contributed by atoms with Gasteiger partial charge in [0.25, 0.3) is 0 Å². The quantitative estimate of drug-likeness (QED) is 0.692. The van der Waals surface area contributed by atoms with Crippen molar-refractivity contribution in [1.82, 2.24) is 9.88 Å². The molecular formula is C22H26N4O4. The normalized spacial score (nSPS) is 13.5. The molecule has 3 rings (SSSR count). The number of pyridine rings is 1. The average molecular weight is 410 g/mol. The number of hydrogen-bond acceptors (Lipinski definition) is 7. The summed E-state index contributed by atoms with van der Waals surface area (Å²) in [5.41, 5.74) is 1.50. The Kier molecular flexibility index (Phi) is 6.96. The summed E-state index contributed by atoms with van der Waals surface area (Å²) in [5, 5.41) is 9.27. The smallest absolute Gasteiger partial charge is 0.223 e. The number of anilines is 1. The number of nitrogens with zero attached hydrogens (tertiary/aromatic N) is 4. The molecule has 0 radical (unpaired) electrons. The molecule has 0 bridgehead atoms. The van der Waals surface area contributed by atoms with Crippen LogP contribution >= 0.6 is 0 Å². The molecule has 1 fully saturated rings. The lowest BCUT2D eigenvalue weighted by atomic mass is 10.1. The molecule has 2 heterocycles. The third kappa shape index (κ3) is 4.57. The summed E-state index contributed by atoms with van der Waals surface area (Å²) in [6, 6.07) is 9.44. The number of rotatable bonds is 7. The monoisotopic (exact) mass is 410 g/mol. The maximum absolute atomic E-state index is 12.7. The molecule has 1 aromatic carbocycles. The first-order chi connectivity index (χ1) is 14.6. The maximum atomic E-state index is 12.7. The number of aromatic nitrogens is 1. The Hall–Kier alpha value is -3.47. The van der Waals surface area contributed by atoms with Crippen LogP contribution in [0.1, 0.15) is 17.5 Å². The summed E-state index contributed by atoms with van der Waals surface area (Å²) >= 11 is 0. The van der Waals surface area contributed by atoms with Gasteiger partial charge < -0.3 is 24.0 Å². The van der Waals surface area contributed by atoms with Crippen LogP contribution in [-0.2, 0) is 11.2 Å². The van der Waals surface area contributed by atoms with E-state index in [1.807, 2.05) is 17.0 Å². The van der Waals surface area contributed by atoms with Crippen LogP contribution < -0.4 is 19.1 Å². The highest BCUT2D eigenvalue weighted by Gasteiger charge is 2.23. The molecule has 8 nitrogen and oxygen atoms in total. The van der Waals surface area contributed by atoms with Crippen LogP contribution in [0.5, 0.6) is 17.2 Å². The number of benzene rings is 1. The van der Waals surface area contributed by atoms with Gasteiger partial charge in [-0.2, -0.15) is 5.26 Å². The first kappa shape index (κ1) is 21.2. The van der Waals surface area contributed by atoms with E-state index in [4.69, 9.17) is 14.2 Å². The predicted molar refractivity (Wildman–Crippen MR) is 112 cm³/mol. The molecule has 158 valence electrons. The molecule has 1 aromatic heterocycles. The average Bonchev–Trinajstić information content (AvgIpc) is 2.81. The van der Waals surface area contributed by atoms with Crippen LogP contribution in [0.3, 0.4) is 0 Å². The molecule has 0 aliphatic carbocycles. The van der Waals surface area contributed by atoms with Gasteiger partial charge in [-0.15, -0.1) is 0 Å². The van der Waals surface area contributed by atoms with Gasteiger partial charge in [-0.25, -0.2) is 4.98 Å². The zero-order valence-electron chi connectivity index (χ0n) is 17.6. The van der Waals surface area contributed by atoms with E-state index in [1.165, 1.54) is 0 Å². The van der Waals surface area contributed by atoms with E-state index in [2.05, 4.69) is 16.0 Å². The van der Waals surface area contributed by atoms with Gasteiger partial charge in [-0.1, -0.05) is 0 Å². The highest BCUT2D eigenvalue weighted by atomic mass is 16.5. The molecule has 30 heavy (non-hydrogen) atoms. The van der Waals surface area contributed by atoms with Crippen molar-refractivity contribution in [1.29, 1.82) is 5.26 Å². The Labute approximate surface area is 176 Å². The van der Waals surface area contributed by atoms with Crippen LogP contribution in [0, 0.1) is 11.3 Å². The first-order valence-electron chi connectivity index (χ1n) is 9.78. The first-order valence-corrected chi connectivity index (χ1v) is 9.78. The molecule has 1 saturated heterocycles. The van der Waals surface area contributed by atoms with E-state index in [-0.39, 0.29) is 5.91 Å². The largest absolute Gasteiger partial charge is 0.493 e. The summed E-state index contributed by atoms with van der Waals surface area (Å²) in [6.45, 7) is 2.52. The van der Waals surface area contributed by atoms with Crippen molar-refractivity contribution >= 4 is 11.7 Å². The summed E-state index contributed by atoms with van der Waals surface area (Å²) in [4.78, 5) is 21.0. The molecule has 0 saturated carbocycles. The number of nitriles is 1. The number of amides is 1. The molecule has 0 atom stereocenters. The summed E-state index contributed by atoms with van der Waals surface area (Å²) in [6.07, 6.45) is 2.66. The number of piperazine rings is 1. The van der Waals surface area contributed by atoms with Gasteiger partial charge in [0.05, 0.1) is 26.9 Å². The summed E-state index contributed by atoms with van der Waals surface area (Å²) in [5.74, 6) is 2.49. The Morgan fingerprint density at radius 3 is 2.33 bits per heavy atom. The van der Waals surface area contributed by atoms with Gasteiger partial charge in [-0.3, -0.25) is 4.79 Å². The van der Waals surface area contributed by atoms with Crippen LogP contribution in [0.15, 0.2) is 30.5 Å². The zero-order chi connectivity index (χ0) is 21.5. The third-order valence-corrected chi connectivity index (χ3v) is 5.19. The lowest BCUT2D eigenvalue weighted by Crippen LogP contribution is -2.49. The molecule has 0 spiro atoms. The fourth-order valence-electron chi connectivity index (χ4n) is 3.59. The van der Waals surface area contributed by atoms with Gasteiger partial charge in [0, 0.05) is 38.8 Å². The van der Waals surface area contributed by atoms with Gasteiger partial charge in [-0.05, 0) is 36.2 Å². The van der Waals surface area contributed by atoms with Crippen molar-refractivity contribution in [2.24, 2.45) is 0 Å². The van der Waals surface area contributed by atoms with E-state index >= 15 is 0 Å². The maximum Gasteiger partial charge on any atom is 0.223 e. The Bertz CT molecular complexity index is 908. The van der Waals surface area contributed by atoms with Gasteiger partial charge in [0.1, 0.15) is 11.9 Å². The fourth-order valence-corrected chi connectivity index (χ4v) is 3.59. The van der Waals surface area contributed by atoms with Gasteiger partial charge in [0.15, 0.2) is 11.5 Å². The van der Waals surface area contributed by atoms with Crippen LogP contribution in [0.4, 0.5) is 5.82 Å². The third-order valence-electron chi connectivity index (χ3n) is 5.19. The van der Waals surface area contributed by atoms with Crippen molar-refractivity contribution < 1.29 is 19.0 Å². The summed E-state index contributed by atoms with van der Waals surface area (Å²) < 4.78 is 16.1. The Morgan fingerprint density at radius 1 is 1.10 bits per heavy atom. The van der Waals surface area contributed by atoms with Gasteiger partial charge in [0.2, 0.25) is 11.7 Å². The summed E-state index contributed by atoms with van der Waals surface area (Å²) in [7, 11) is 4.71. The van der Waals surface area contributed by atoms with E-state index in [9.17, 15) is 10.1 Å². The lowest BCUT2D eigenvalue weighted by Gasteiger charge is -2.35. The fraction of sp³-hybridized carbons (Fsp3) is 0.409. The van der Waals surface area contributed by atoms with E-state index in [1.54, 1.807) is 39.7 Å². The molecule has 1 amide bonds.